The van der Waals surface area contributed by atoms with E-state index in [1.54, 1.807) is 6.92 Å². The Bertz CT molecular complexity index is 531. The molecule has 1 aromatic rings. The Morgan fingerprint density at radius 3 is 2.67 bits per heavy atom. The van der Waals surface area contributed by atoms with Crippen LogP contribution in [0.5, 0.6) is 5.75 Å². The highest BCUT2D eigenvalue weighted by Crippen LogP contribution is 2.25. The monoisotopic (exact) mass is 296 g/mol. The van der Waals surface area contributed by atoms with Crippen LogP contribution < -0.4 is 10.1 Å². The molecule has 8 nitrogen and oxygen atoms in total. The van der Waals surface area contributed by atoms with Crippen LogP contribution in [0, 0.1) is 10.1 Å². The van der Waals surface area contributed by atoms with Gasteiger partial charge < -0.3 is 15.2 Å². The van der Waals surface area contributed by atoms with Gasteiger partial charge in [-0.05, 0) is 12.5 Å². The first-order chi connectivity index (χ1) is 9.95. The largest absolute Gasteiger partial charge is 0.480 e. The molecule has 0 fully saturated rings. The number of amides is 1. The van der Waals surface area contributed by atoms with Crippen LogP contribution in [-0.2, 0) is 9.59 Å². The van der Waals surface area contributed by atoms with Crippen molar-refractivity contribution in [2.75, 3.05) is 6.61 Å². The minimum absolute atomic E-state index is 0.0417. The minimum atomic E-state index is -1.13. The van der Waals surface area contributed by atoms with Crippen molar-refractivity contribution in [3.63, 3.8) is 0 Å². The molecule has 1 amide bonds. The second kappa shape index (κ2) is 7.83. The first kappa shape index (κ1) is 16.4. The number of carboxylic acids is 1. The van der Waals surface area contributed by atoms with Crippen LogP contribution >= 0.6 is 0 Å². The number of hydrogen-bond donors (Lipinski definition) is 2. The Hall–Kier alpha value is -2.64. The average molecular weight is 296 g/mol. The Morgan fingerprint density at radius 2 is 2.10 bits per heavy atom. The van der Waals surface area contributed by atoms with E-state index in [0.717, 1.165) is 0 Å². The second-order valence-corrected chi connectivity index (χ2v) is 4.26. The first-order valence-electron chi connectivity index (χ1n) is 6.34. The molecule has 114 valence electrons. The molecule has 0 radical (unpaired) electrons. The lowest BCUT2D eigenvalue weighted by atomic mass is 10.2. The van der Waals surface area contributed by atoms with E-state index in [4.69, 9.17) is 9.84 Å². The molecule has 0 saturated carbocycles. The molecular formula is C13H16N2O6. The number of rotatable bonds is 8. The summed E-state index contributed by atoms with van der Waals surface area (Å²) in [5, 5.41) is 22.0. The van der Waals surface area contributed by atoms with Crippen molar-refractivity contribution in [2.24, 2.45) is 0 Å². The van der Waals surface area contributed by atoms with Crippen molar-refractivity contribution in [2.45, 2.75) is 25.8 Å². The normalized spacial score (nSPS) is 11.5. The number of hydrogen-bond acceptors (Lipinski definition) is 5. The van der Waals surface area contributed by atoms with Crippen LogP contribution in [0.15, 0.2) is 24.3 Å². The fraction of sp³-hybridized carbons (Fsp3) is 0.385. The van der Waals surface area contributed by atoms with E-state index < -0.39 is 29.4 Å². The maximum atomic E-state index is 11.6. The molecule has 0 aliphatic carbocycles. The number of nitrogens with zero attached hydrogens (tertiary/aromatic N) is 1. The molecule has 0 bridgehead atoms. The average Bonchev–Trinajstić information content (AvgIpc) is 2.44. The number of carbonyl (C=O) groups is 2. The van der Waals surface area contributed by atoms with Crippen LogP contribution in [0.1, 0.15) is 19.8 Å². The van der Waals surface area contributed by atoms with Crippen molar-refractivity contribution in [1.82, 2.24) is 5.32 Å². The minimum Gasteiger partial charge on any atom is -0.480 e. The lowest BCUT2D eigenvalue weighted by molar-refractivity contribution is -0.385. The molecule has 0 aliphatic rings. The van der Waals surface area contributed by atoms with E-state index in [-0.39, 0.29) is 11.4 Å². The van der Waals surface area contributed by atoms with Crippen LogP contribution in [0.4, 0.5) is 5.69 Å². The molecule has 1 aromatic carbocycles. The van der Waals surface area contributed by atoms with Crippen LogP contribution in [-0.4, -0.2) is 34.6 Å². The van der Waals surface area contributed by atoms with E-state index in [1.807, 2.05) is 0 Å². The number of para-hydroxylation sites is 2. The summed E-state index contributed by atoms with van der Waals surface area (Å²) in [4.78, 5) is 32.7. The maximum absolute atomic E-state index is 11.6. The highest BCUT2D eigenvalue weighted by molar-refractivity contribution is 5.84. The summed E-state index contributed by atoms with van der Waals surface area (Å²) in [5.41, 5.74) is -0.256. The van der Waals surface area contributed by atoms with Crippen molar-refractivity contribution in [3.8, 4) is 5.75 Å². The number of nitro groups is 1. The van der Waals surface area contributed by atoms with Gasteiger partial charge in [0.1, 0.15) is 6.04 Å². The third-order valence-corrected chi connectivity index (χ3v) is 2.63. The van der Waals surface area contributed by atoms with E-state index in [1.165, 1.54) is 24.3 Å². The summed E-state index contributed by atoms with van der Waals surface area (Å²) in [5.74, 6) is -1.81. The smallest absolute Gasteiger partial charge is 0.326 e. The molecule has 8 heteroatoms. The number of nitro benzene ring substituents is 1. The highest BCUT2D eigenvalue weighted by atomic mass is 16.6. The van der Waals surface area contributed by atoms with E-state index in [0.29, 0.717) is 12.8 Å². The highest BCUT2D eigenvalue weighted by Gasteiger charge is 2.20. The zero-order chi connectivity index (χ0) is 15.8. The van der Waals surface area contributed by atoms with Gasteiger partial charge in [0, 0.05) is 6.07 Å². The predicted molar refractivity (Wildman–Crippen MR) is 73.1 cm³/mol. The molecule has 1 rings (SSSR count). The Balaban J connectivity index is 2.61. The fourth-order valence-electron chi connectivity index (χ4n) is 1.66. The number of benzene rings is 1. The summed E-state index contributed by atoms with van der Waals surface area (Å²) in [6.07, 6.45) is 0.898. The molecule has 0 saturated heterocycles. The van der Waals surface area contributed by atoms with Crippen LogP contribution in [0.25, 0.3) is 0 Å². The molecule has 0 heterocycles. The van der Waals surface area contributed by atoms with Crippen LogP contribution in [0.2, 0.25) is 0 Å². The van der Waals surface area contributed by atoms with E-state index >= 15 is 0 Å². The van der Waals surface area contributed by atoms with Crippen molar-refractivity contribution >= 4 is 17.6 Å². The Labute approximate surface area is 120 Å². The van der Waals surface area contributed by atoms with Gasteiger partial charge in [-0.25, -0.2) is 4.79 Å². The lowest BCUT2D eigenvalue weighted by Crippen LogP contribution is -2.42. The molecule has 0 aliphatic heterocycles. The summed E-state index contributed by atoms with van der Waals surface area (Å²) in [6.45, 7) is 1.31. The van der Waals surface area contributed by atoms with Crippen molar-refractivity contribution in [3.05, 3.63) is 34.4 Å². The van der Waals surface area contributed by atoms with E-state index in [9.17, 15) is 19.7 Å². The van der Waals surface area contributed by atoms with Gasteiger partial charge in [-0.1, -0.05) is 25.5 Å². The van der Waals surface area contributed by atoms with Gasteiger partial charge in [-0.15, -0.1) is 0 Å². The lowest BCUT2D eigenvalue weighted by Gasteiger charge is -2.13. The quantitative estimate of drug-likeness (QED) is 0.552. The Morgan fingerprint density at radius 1 is 1.43 bits per heavy atom. The van der Waals surface area contributed by atoms with Gasteiger partial charge >= 0.3 is 11.7 Å². The number of ether oxygens (including phenoxy) is 1. The zero-order valence-corrected chi connectivity index (χ0v) is 11.4. The Kier molecular flexibility index (Phi) is 6.12. The summed E-state index contributed by atoms with van der Waals surface area (Å²) < 4.78 is 5.07. The SMILES string of the molecule is CCC[C@H](NC(=O)COc1ccccc1[N+](=O)[O-])C(=O)O. The topological polar surface area (TPSA) is 119 Å². The summed E-state index contributed by atoms with van der Waals surface area (Å²) in [6, 6.07) is 4.65. The van der Waals surface area contributed by atoms with Gasteiger partial charge in [0.05, 0.1) is 4.92 Å². The third-order valence-electron chi connectivity index (χ3n) is 2.63. The molecule has 0 spiro atoms. The summed E-state index contributed by atoms with van der Waals surface area (Å²) >= 11 is 0. The number of carboxylic acid groups (broad SMARTS) is 1. The number of carbonyl (C=O) groups excluding carboxylic acids is 1. The maximum Gasteiger partial charge on any atom is 0.326 e. The molecule has 1 atom stereocenters. The van der Waals surface area contributed by atoms with Crippen molar-refractivity contribution < 1.29 is 24.4 Å². The van der Waals surface area contributed by atoms with Crippen LogP contribution in [0.3, 0.4) is 0 Å². The van der Waals surface area contributed by atoms with Crippen molar-refractivity contribution in [1.29, 1.82) is 0 Å². The molecule has 0 aromatic heterocycles. The molecular weight excluding hydrogens is 280 g/mol. The van der Waals surface area contributed by atoms with Gasteiger partial charge in [-0.3, -0.25) is 14.9 Å². The van der Waals surface area contributed by atoms with Gasteiger partial charge in [-0.2, -0.15) is 0 Å². The number of nitrogens with one attached hydrogen (secondary N) is 1. The molecule has 0 unspecified atom stereocenters. The van der Waals surface area contributed by atoms with E-state index in [2.05, 4.69) is 5.32 Å². The second-order valence-electron chi connectivity index (χ2n) is 4.26. The molecule has 2 N–H and O–H groups in total. The predicted octanol–water partition coefficient (Wildman–Crippen LogP) is 1.34. The summed E-state index contributed by atoms with van der Waals surface area (Å²) in [7, 11) is 0. The number of aliphatic carboxylic acids is 1. The standard InChI is InChI=1S/C13H16N2O6/c1-2-5-9(13(17)18)14-12(16)8-21-11-7-4-3-6-10(11)15(19)20/h3-4,6-7,9H,2,5,8H2,1H3,(H,14,16)(H,17,18)/t9-/m0/s1. The van der Waals surface area contributed by atoms with Gasteiger partial charge in [0.2, 0.25) is 0 Å². The third kappa shape index (κ3) is 5.09. The first-order valence-corrected chi connectivity index (χ1v) is 6.34. The fourth-order valence-corrected chi connectivity index (χ4v) is 1.66. The zero-order valence-electron chi connectivity index (χ0n) is 11.4. The van der Waals surface area contributed by atoms with Gasteiger partial charge in [0.25, 0.3) is 5.91 Å². The molecule has 21 heavy (non-hydrogen) atoms. The van der Waals surface area contributed by atoms with Gasteiger partial charge in [0.15, 0.2) is 12.4 Å².